The summed E-state index contributed by atoms with van der Waals surface area (Å²) in [5.74, 6) is -1.15. The van der Waals surface area contributed by atoms with Crippen LogP contribution in [0, 0.1) is 10.1 Å². The highest BCUT2D eigenvalue weighted by molar-refractivity contribution is 5.98. The van der Waals surface area contributed by atoms with E-state index in [0.29, 0.717) is 12.2 Å². The van der Waals surface area contributed by atoms with E-state index >= 15 is 0 Å². The van der Waals surface area contributed by atoms with E-state index in [1.807, 2.05) is 37.3 Å². The molecule has 0 aliphatic heterocycles. The van der Waals surface area contributed by atoms with Crippen molar-refractivity contribution in [1.29, 1.82) is 0 Å². The van der Waals surface area contributed by atoms with Crippen LogP contribution in [0.4, 0.5) is 11.4 Å². The molecule has 1 amide bonds. The molecule has 0 radical (unpaired) electrons. The maximum Gasteiger partial charge on any atom is 0.341 e. The van der Waals surface area contributed by atoms with Crippen LogP contribution in [0.5, 0.6) is 0 Å². The lowest BCUT2D eigenvalue weighted by Gasteiger charge is -2.17. The molecule has 0 aliphatic rings. The zero-order chi connectivity index (χ0) is 20.7. The van der Waals surface area contributed by atoms with Gasteiger partial charge in [0.1, 0.15) is 0 Å². The number of esters is 1. The lowest BCUT2D eigenvalue weighted by molar-refractivity contribution is -0.384. The Hall–Kier alpha value is -3.42. The molecule has 28 heavy (non-hydrogen) atoms. The molecule has 2 N–H and O–H groups in total. The minimum Gasteiger partial charge on any atom is -0.449 e. The molecule has 8 nitrogen and oxygen atoms in total. The molecular formula is C20H23N3O5. The number of ether oxygens (including phenoxy) is 1. The van der Waals surface area contributed by atoms with Gasteiger partial charge < -0.3 is 15.4 Å². The SMILES string of the molecule is CNc1ccc([N+](=O)[O-])cc1C(=O)O[C@@H](C)C(=O)NC[C@@H](C)c1ccccc1. The van der Waals surface area contributed by atoms with Crippen LogP contribution in [0.15, 0.2) is 48.5 Å². The number of nitro benzene ring substituents is 1. The number of hydrogen-bond donors (Lipinski definition) is 2. The Morgan fingerprint density at radius 1 is 1.14 bits per heavy atom. The molecule has 0 heterocycles. The second-order valence-corrected chi connectivity index (χ2v) is 6.34. The number of nitrogens with zero attached hydrogens (tertiary/aromatic N) is 1. The predicted octanol–water partition coefficient (Wildman–Crippen LogP) is 3.10. The van der Waals surface area contributed by atoms with Gasteiger partial charge in [0.15, 0.2) is 6.10 Å². The fourth-order valence-electron chi connectivity index (χ4n) is 2.61. The number of hydrogen-bond acceptors (Lipinski definition) is 6. The smallest absolute Gasteiger partial charge is 0.341 e. The van der Waals surface area contributed by atoms with Gasteiger partial charge in [-0.1, -0.05) is 37.3 Å². The Kier molecular flexibility index (Phi) is 7.08. The van der Waals surface area contributed by atoms with E-state index in [4.69, 9.17) is 4.74 Å². The lowest BCUT2D eigenvalue weighted by Crippen LogP contribution is -2.37. The van der Waals surface area contributed by atoms with Gasteiger partial charge >= 0.3 is 5.97 Å². The third-order valence-corrected chi connectivity index (χ3v) is 4.31. The molecular weight excluding hydrogens is 362 g/mol. The molecule has 0 saturated carbocycles. The molecule has 0 aliphatic carbocycles. The molecule has 2 aromatic rings. The standard InChI is InChI=1S/C20H23N3O5/c1-13(15-7-5-4-6-8-15)12-22-19(24)14(2)28-20(25)17-11-16(23(26)27)9-10-18(17)21-3/h4-11,13-14,21H,12H2,1-3H3,(H,22,24)/t13-,14+/m1/s1. The average molecular weight is 385 g/mol. The Bertz CT molecular complexity index is 854. The Labute approximate surface area is 163 Å². The second kappa shape index (κ2) is 9.50. The quantitative estimate of drug-likeness (QED) is 0.410. The number of non-ortho nitro benzene ring substituents is 1. The van der Waals surface area contributed by atoms with Gasteiger partial charge in [0.2, 0.25) is 0 Å². The van der Waals surface area contributed by atoms with Crippen LogP contribution in [-0.4, -0.2) is 36.5 Å². The molecule has 0 saturated heterocycles. The van der Waals surface area contributed by atoms with Crippen LogP contribution in [0.1, 0.15) is 35.7 Å². The van der Waals surface area contributed by atoms with Gasteiger partial charge in [-0.25, -0.2) is 4.79 Å². The minimum atomic E-state index is -1.04. The first-order valence-corrected chi connectivity index (χ1v) is 8.83. The molecule has 2 aromatic carbocycles. The number of carbonyl (C=O) groups excluding carboxylic acids is 2. The fraction of sp³-hybridized carbons (Fsp3) is 0.300. The summed E-state index contributed by atoms with van der Waals surface area (Å²) >= 11 is 0. The number of carbonyl (C=O) groups is 2. The fourth-order valence-corrected chi connectivity index (χ4v) is 2.61. The van der Waals surface area contributed by atoms with Crippen molar-refractivity contribution in [3.05, 3.63) is 69.8 Å². The third-order valence-electron chi connectivity index (χ3n) is 4.31. The van der Waals surface area contributed by atoms with Gasteiger partial charge in [0.25, 0.3) is 11.6 Å². The maximum atomic E-state index is 12.4. The van der Waals surface area contributed by atoms with Crippen molar-refractivity contribution < 1.29 is 19.2 Å². The van der Waals surface area contributed by atoms with E-state index in [1.165, 1.54) is 19.1 Å². The summed E-state index contributed by atoms with van der Waals surface area (Å²) in [4.78, 5) is 35.0. The molecule has 8 heteroatoms. The van der Waals surface area contributed by atoms with Gasteiger partial charge in [0, 0.05) is 31.4 Å². The topological polar surface area (TPSA) is 111 Å². The van der Waals surface area contributed by atoms with Crippen LogP contribution in [0.25, 0.3) is 0 Å². The summed E-state index contributed by atoms with van der Waals surface area (Å²) in [5.41, 5.74) is 1.22. The molecule has 0 spiro atoms. The summed E-state index contributed by atoms with van der Waals surface area (Å²) in [7, 11) is 1.58. The van der Waals surface area contributed by atoms with E-state index in [2.05, 4.69) is 10.6 Å². The van der Waals surface area contributed by atoms with Crippen molar-refractivity contribution in [2.75, 3.05) is 18.9 Å². The van der Waals surface area contributed by atoms with E-state index in [9.17, 15) is 19.7 Å². The maximum absolute atomic E-state index is 12.4. The van der Waals surface area contributed by atoms with Gasteiger partial charge in [-0.05, 0) is 24.5 Å². The monoisotopic (exact) mass is 385 g/mol. The summed E-state index contributed by atoms with van der Waals surface area (Å²) in [5, 5.41) is 16.5. The lowest BCUT2D eigenvalue weighted by atomic mass is 10.0. The zero-order valence-corrected chi connectivity index (χ0v) is 16.0. The van der Waals surface area contributed by atoms with Crippen molar-refractivity contribution in [2.24, 2.45) is 0 Å². The number of anilines is 1. The van der Waals surface area contributed by atoms with Gasteiger partial charge in [-0.2, -0.15) is 0 Å². The number of rotatable bonds is 8. The molecule has 0 bridgehead atoms. The van der Waals surface area contributed by atoms with E-state index in [0.717, 1.165) is 11.6 Å². The summed E-state index contributed by atoms with van der Waals surface area (Å²) in [6.45, 7) is 3.83. The van der Waals surface area contributed by atoms with Crippen LogP contribution in [0.2, 0.25) is 0 Å². The summed E-state index contributed by atoms with van der Waals surface area (Å²) in [6.07, 6.45) is -1.04. The number of amides is 1. The van der Waals surface area contributed by atoms with Crippen LogP contribution in [0.3, 0.4) is 0 Å². The van der Waals surface area contributed by atoms with Crippen molar-refractivity contribution in [1.82, 2.24) is 5.32 Å². The normalized spacial score (nSPS) is 12.5. The number of nitro groups is 1. The Balaban J connectivity index is 1.99. The summed E-state index contributed by atoms with van der Waals surface area (Å²) in [6, 6.07) is 13.5. The highest BCUT2D eigenvalue weighted by atomic mass is 16.6. The van der Waals surface area contributed by atoms with E-state index in [-0.39, 0.29) is 17.2 Å². The Morgan fingerprint density at radius 3 is 2.43 bits per heavy atom. The molecule has 148 valence electrons. The first-order chi connectivity index (χ1) is 13.3. The molecule has 0 fully saturated rings. The van der Waals surface area contributed by atoms with Crippen LogP contribution < -0.4 is 10.6 Å². The van der Waals surface area contributed by atoms with Crippen LogP contribution in [-0.2, 0) is 9.53 Å². The first kappa shape index (κ1) is 20.9. The number of benzene rings is 2. The van der Waals surface area contributed by atoms with E-state index < -0.39 is 22.9 Å². The van der Waals surface area contributed by atoms with Crippen molar-refractivity contribution >= 4 is 23.3 Å². The third kappa shape index (κ3) is 5.29. The average Bonchev–Trinajstić information content (AvgIpc) is 2.71. The largest absolute Gasteiger partial charge is 0.449 e. The highest BCUT2D eigenvalue weighted by Crippen LogP contribution is 2.23. The van der Waals surface area contributed by atoms with Crippen molar-refractivity contribution in [2.45, 2.75) is 25.9 Å². The van der Waals surface area contributed by atoms with Crippen molar-refractivity contribution in [3.8, 4) is 0 Å². The van der Waals surface area contributed by atoms with Gasteiger partial charge in [-0.15, -0.1) is 0 Å². The van der Waals surface area contributed by atoms with Gasteiger partial charge in [0.05, 0.1) is 10.5 Å². The van der Waals surface area contributed by atoms with E-state index in [1.54, 1.807) is 7.05 Å². The molecule has 0 unspecified atom stereocenters. The summed E-state index contributed by atoms with van der Waals surface area (Å²) < 4.78 is 5.20. The highest BCUT2D eigenvalue weighted by Gasteiger charge is 2.23. The molecule has 2 rings (SSSR count). The minimum absolute atomic E-state index is 0.00555. The van der Waals surface area contributed by atoms with Crippen LogP contribution >= 0.6 is 0 Å². The van der Waals surface area contributed by atoms with Gasteiger partial charge in [-0.3, -0.25) is 14.9 Å². The predicted molar refractivity (Wildman–Crippen MR) is 105 cm³/mol. The Morgan fingerprint density at radius 2 is 1.82 bits per heavy atom. The molecule has 2 atom stereocenters. The zero-order valence-electron chi connectivity index (χ0n) is 16.0. The number of nitrogens with one attached hydrogen (secondary N) is 2. The molecule has 0 aromatic heterocycles. The first-order valence-electron chi connectivity index (χ1n) is 8.83. The second-order valence-electron chi connectivity index (χ2n) is 6.34. The van der Waals surface area contributed by atoms with Crippen molar-refractivity contribution in [3.63, 3.8) is 0 Å².